The maximum atomic E-state index is 13.1. The number of hydrogen-bond donors (Lipinski definition) is 1. The fourth-order valence-electron chi connectivity index (χ4n) is 3.74. The summed E-state index contributed by atoms with van der Waals surface area (Å²) >= 11 is 6.26. The minimum absolute atomic E-state index is 0.0875. The smallest absolute Gasteiger partial charge is 0.257 e. The molecule has 3 aromatic carbocycles. The van der Waals surface area contributed by atoms with Gasteiger partial charge in [0.25, 0.3) is 5.91 Å². The van der Waals surface area contributed by atoms with E-state index in [0.717, 1.165) is 23.6 Å². The summed E-state index contributed by atoms with van der Waals surface area (Å²) in [5.41, 5.74) is 0.781. The van der Waals surface area contributed by atoms with Gasteiger partial charge in [-0.1, -0.05) is 54.9 Å². The van der Waals surface area contributed by atoms with Crippen molar-refractivity contribution in [3.05, 3.63) is 71.2 Å². The molecule has 1 aliphatic rings. The average Bonchev–Trinajstić information content (AvgIpc) is 2.74. The normalized spacial score (nSPS) is 15.9. The molecule has 1 saturated heterocycles. The minimum atomic E-state index is -3.67. The van der Waals surface area contributed by atoms with E-state index in [1.54, 1.807) is 0 Å². The first-order chi connectivity index (χ1) is 14.4. The second-order valence-electron chi connectivity index (χ2n) is 7.71. The average molecular weight is 443 g/mol. The second-order valence-corrected chi connectivity index (χ2v) is 10.1. The molecule has 0 saturated carbocycles. The lowest BCUT2D eigenvalue weighted by molar-refractivity contribution is 0.102. The van der Waals surface area contributed by atoms with Gasteiger partial charge in [-0.05, 0) is 48.4 Å². The van der Waals surface area contributed by atoms with Gasteiger partial charge in [-0.15, -0.1) is 0 Å². The third kappa shape index (κ3) is 4.08. The van der Waals surface area contributed by atoms with Crippen LogP contribution in [0.1, 0.15) is 30.1 Å². The summed E-state index contributed by atoms with van der Waals surface area (Å²) < 4.78 is 27.6. The van der Waals surface area contributed by atoms with Crippen molar-refractivity contribution in [1.29, 1.82) is 0 Å². The van der Waals surface area contributed by atoms with E-state index in [9.17, 15) is 13.2 Å². The van der Waals surface area contributed by atoms with Crippen LogP contribution in [0.15, 0.2) is 65.6 Å². The molecule has 1 heterocycles. The molecule has 1 amide bonds. The standard InChI is InChI=1S/C23H23ClN2O3S/c1-16-11-13-26(14-12-16)30(28,29)18-9-10-21(24)20(15-18)23(27)25-22-8-4-6-17-5-2-3-7-19(17)22/h2-10,15-16H,11-14H2,1H3,(H,25,27). The van der Waals surface area contributed by atoms with E-state index in [4.69, 9.17) is 11.6 Å². The molecule has 7 heteroatoms. The van der Waals surface area contributed by atoms with Crippen LogP contribution in [0.2, 0.25) is 5.02 Å². The summed E-state index contributed by atoms with van der Waals surface area (Å²) in [7, 11) is -3.67. The predicted molar refractivity (Wildman–Crippen MR) is 121 cm³/mol. The van der Waals surface area contributed by atoms with Gasteiger partial charge in [-0.25, -0.2) is 8.42 Å². The van der Waals surface area contributed by atoms with Gasteiger partial charge in [0.1, 0.15) is 0 Å². The maximum absolute atomic E-state index is 13.1. The third-order valence-corrected chi connectivity index (χ3v) is 7.82. The minimum Gasteiger partial charge on any atom is -0.321 e. The van der Waals surface area contributed by atoms with Gasteiger partial charge in [0.05, 0.1) is 15.5 Å². The Morgan fingerprint density at radius 2 is 1.73 bits per heavy atom. The Morgan fingerprint density at radius 3 is 2.50 bits per heavy atom. The number of hydrogen-bond acceptors (Lipinski definition) is 3. The highest BCUT2D eigenvalue weighted by molar-refractivity contribution is 7.89. The molecule has 0 unspecified atom stereocenters. The van der Waals surface area contributed by atoms with Gasteiger partial charge in [0.2, 0.25) is 10.0 Å². The summed E-state index contributed by atoms with van der Waals surface area (Å²) in [4.78, 5) is 13.1. The van der Waals surface area contributed by atoms with Crippen LogP contribution in [0.25, 0.3) is 10.8 Å². The zero-order valence-electron chi connectivity index (χ0n) is 16.6. The van der Waals surface area contributed by atoms with E-state index >= 15 is 0 Å². The third-order valence-electron chi connectivity index (χ3n) is 5.60. The molecule has 3 aromatic rings. The first-order valence-corrected chi connectivity index (χ1v) is 11.8. The number of rotatable bonds is 4. The monoisotopic (exact) mass is 442 g/mol. The van der Waals surface area contributed by atoms with Crippen molar-refractivity contribution < 1.29 is 13.2 Å². The van der Waals surface area contributed by atoms with Crippen molar-refractivity contribution in [1.82, 2.24) is 4.31 Å². The van der Waals surface area contributed by atoms with E-state index < -0.39 is 15.9 Å². The van der Waals surface area contributed by atoms with Crippen LogP contribution in [0.3, 0.4) is 0 Å². The fourth-order valence-corrected chi connectivity index (χ4v) is 5.44. The number of piperidine rings is 1. The number of nitrogens with zero attached hydrogens (tertiary/aromatic N) is 1. The second kappa shape index (κ2) is 8.38. The van der Waals surface area contributed by atoms with Crippen molar-refractivity contribution in [2.75, 3.05) is 18.4 Å². The Balaban J connectivity index is 1.64. The van der Waals surface area contributed by atoms with E-state index in [2.05, 4.69) is 12.2 Å². The molecule has 1 N–H and O–H groups in total. The lowest BCUT2D eigenvalue weighted by atomic mass is 10.0. The van der Waals surface area contributed by atoms with Crippen LogP contribution in [-0.2, 0) is 10.0 Å². The molecule has 0 bridgehead atoms. The van der Waals surface area contributed by atoms with Crippen LogP contribution < -0.4 is 5.32 Å². The number of amides is 1. The number of fused-ring (bicyclic) bond motifs is 1. The van der Waals surface area contributed by atoms with E-state index in [-0.39, 0.29) is 15.5 Å². The number of benzene rings is 3. The Morgan fingerprint density at radius 1 is 1.03 bits per heavy atom. The Hall–Kier alpha value is -2.41. The maximum Gasteiger partial charge on any atom is 0.257 e. The summed E-state index contributed by atoms with van der Waals surface area (Å²) in [6.07, 6.45) is 1.67. The van der Waals surface area contributed by atoms with Crippen LogP contribution in [0.5, 0.6) is 0 Å². The Kier molecular flexibility index (Phi) is 5.82. The molecule has 1 aliphatic heterocycles. The molecule has 0 radical (unpaired) electrons. The topological polar surface area (TPSA) is 66.5 Å². The highest BCUT2D eigenvalue weighted by Crippen LogP contribution is 2.28. The zero-order chi connectivity index (χ0) is 21.3. The summed E-state index contributed by atoms with van der Waals surface area (Å²) in [6, 6.07) is 17.7. The molecule has 0 aliphatic carbocycles. The quantitative estimate of drug-likeness (QED) is 0.606. The lowest BCUT2D eigenvalue weighted by Gasteiger charge is -2.29. The van der Waals surface area contributed by atoms with E-state index in [1.807, 2.05) is 42.5 Å². The first-order valence-electron chi connectivity index (χ1n) is 9.95. The van der Waals surface area contributed by atoms with Crippen molar-refractivity contribution in [2.24, 2.45) is 5.92 Å². The van der Waals surface area contributed by atoms with Crippen LogP contribution in [0, 0.1) is 5.92 Å². The van der Waals surface area contributed by atoms with Gasteiger partial charge in [-0.2, -0.15) is 4.31 Å². The fraction of sp³-hybridized carbons (Fsp3) is 0.261. The SMILES string of the molecule is CC1CCN(S(=O)(=O)c2ccc(Cl)c(C(=O)Nc3cccc4ccccc34)c2)CC1. The molecule has 5 nitrogen and oxygen atoms in total. The number of carbonyl (C=O) groups excluding carboxylic acids is 1. The molecule has 156 valence electrons. The first kappa shape index (κ1) is 20.8. The van der Waals surface area contributed by atoms with Crippen LogP contribution in [-0.4, -0.2) is 31.7 Å². The summed E-state index contributed by atoms with van der Waals surface area (Å²) in [5.74, 6) is 0.0735. The Labute approximate surface area is 181 Å². The van der Waals surface area contributed by atoms with Crippen molar-refractivity contribution in [3.63, 3.8) is 0 Å². The molecular formula is C23H23ClN2O3S. The highest BCUT2D eigenvalue weighted by atomic mass is 35.5. The highest BCUT2D eigenvalue weighted by Gasteiger charge is 2.29. The molecule has 0 atom stereocenters. The number of halogens is 1. The van der Waals surface area contributed by atoms with Gasteiger partial charge in [0.15, 0.2) is 0 Å². The summed E-state index contributed by atoms with van der Waals surface area (Å²) in [5, 5.41) is 4.98. The molecule has 30 heavy (non-hydrogen) atoms. The van der Waals surface area contributed by atoms with Crippen LogP contribution in [0.4, 0.5) is 5.69 Å². The zero-order valence-corrected chi connectivity index (χ0v) is 18.2. The Bertz CT molecular complexity index is 1200. The van der Waals surface area contributed by atoms with E-state index in [1.165, 1.54) is 22.5 Å². The molecular weight excluding hydrogens is 420 g/mol. The van der Waals surface area contributed by atoms with Crippen LogP contribution >= 0.6 is 11.6 Å². The van der Waals surface area contributed by atoms with E-state index in [0.29, 0.717) is 24.7 Å². The van der Waals surface area contributed by atoms with Crippen molar-refractivity contribution >= 4 is 44.0 Å². The number of carbonyl (C=O) groups is 1. The predicted octanol–water partition coefficient (Wildman–Crippen LogP) is 5.17. The molecule has 0 spiro atoms. The summed E-state index contributed by atoms with van der Waals surface area (Å²) in [6.45, 7) is 3.11. The van der Waals surface area contributed by atoms with Gasteiger partial charge >= 0.3 is 0 Å². The van der Waals surface area contributed by atoms with Crippen molar-refractivity contribution in [3.8, 4) is 0 Å². The number of sulfonamides is 1. The van der Waals surface area contributed by atoms with Crippen molar-refractivity contribution in [2.45, 2.75) is 24.7 Å². The lowest BCUT2D eigenvalue weighted by Crippen LogP contribution is -2.37. The largest absolute Gasteiger partial charge is 0.321 e. The van der Waals surface area contributed by atoms with Gasteiger partial charge < -0.3 is 5.32 Å². The molecule has 4 rings (SSSR count). The van der Waals surface area contributed by atoms with Gasteiger partial charge in [-0.3, -0.25) is 4.79 Å². The molecule has 0 aromatic heterocycles. The number of anilines is 1. The number of nitrogens with one attached hydrogen (secondary N) is 1. The van der Waals surface area contributed by atoms with Gasteiger partial charge in [0, 0.05) is 24.2 Å². The molecule has 1 fully saturated rings.